The second-order valence-electron chi connectivity index (χ2n) is 4.29. The Bertz CT molecular complexity index is 216. The summed E-state index contributed by atoms with van der Waals surface area (Å²) in [5.41, 5.74) is 3.23. The van der Waals surface area contributed by atoms with E-state index >= 15 is 0 Å². The van der Waals surface area contributed by atoms with Crippen molar-refractivity contribution in [2.45, 2.75) is 34.6 Å². The fraction of sp³-hybridized carbons (Fsp3) is 0.636. The zero-order chi connectivity index (χ0) is 8.65. The standard InChI is InChI=1S/C11H18/c1-8-6-10(3)11(4,5)7-9(8)2/h6-7,10H,1-5H3. The number of hydrogen-bond donors (Lipinski definition) is 0. The Morgan fingerprint density at radius 2 is 1.73 bits per heavy atom. The van der Waals surface area contributed by atoms with E-state index in [1.165, 1.54) is 11.1 Å². The normalized spacial score (nSPS) is 29.4. The quantitative estimate of drug-likeness (QED) is 0.495. The molecule has 11 heavy (non-hydrogen) atoms. The van der Waals surface area contributed by atoms with Gasteiger partial charge in [-0.25, -0.2) is 0 Å². The summed E-state index contributed by atoms with van der Waals surface area (Å²) >= 11 is 0. The van der Waals surface area contributed by atoms with E-state index in [9.17, 15) is 0 Å². The van der Waals surface area contributed by atoms with Gasteiger partial charge in [0.2, 0.25) is 0 Å². The van der Waals surface area contributed by atoms with Gasteiger partial charge >= 0.3 is 0 Å². The lowest BCUT2D eigenvalue weighted by molar-refractivity contribution is 0.359. The van der Waals surface area contributed by atoms with Gasteiger partial charge in [0.15, 0.2) is 0 Å². The molecule has 0 spiro atoms. The summed E-state index contributed by atoms with van der Waals surface area (Å²) in [4.78, 5) is 0. The summed E-state index contributed by atoms with van der Waals surface area (Å²) in [5, 5.41) is 0. The number of allylic oxidation sites excluding steroid dienone is 4. The van der Waals surface area contributed by atoms with Crippen molar-refractivity contribution in [2.75, 3.05) is 0 Å². The molecule has 0 aromatic rings. The smallest absolute Gasteiger partial charge is 0.0109 e. The van der Waals surface area contributed by atoms with Crippen LogP contribution in [0, 0.1) is 11.3 Å². The fourth-order valence-electron chi connectivity index (χ4n) is 1.52. The van der Waals surface area contributed by atoms with Crippen LogP contribution >= 0.6 is 0 Å². The highest BCUT2D eigenvalue weighted by atomic mass is 14.3. The van der Waals surface area contributed by atoms with Crippen LogP contribution in [-0.2, 0) is 0 Å². The molecular formula is C11H18. The zero-order valence-corrected chi connectivity index (χ0v) is 8.23. The first-order chi connectivity index (χ1) is 4.93. The molecule has 1 aliphatic rings. The fourth-order valence-corrected chi connectivity index (χ4v) is 1.52. The average molecular weight is 150 g/mol. The lowest BCUT2D eigenvalue weighted by Gasteiger charge is -2.31. The van der Waals surface area contributed by atoms with Gasteiger partial charge in [0.1, 0.15) is 0 Å². The molecule has 0 aliphatic heterocycles. The predicted octanol–water partition coefficient (Wildman–Crippen LogP) is 3.55. The zero-order valence-electron chi connectivity index (χ0n) is 8.23. The molecule has 0 bridgehead atoms. The van der Waals surface area contributed by atoms with Crippen molar-refractivity contribution < 1.29 is 0 Å². The first-order valence-corrected chi connectivity index (χ1v) is 4.32. The van der Waals surface area contributed by atoms with E-state index in [4.69, 9.17) is 0 Å². The second-order valence-corrected chi connectivity index (χ2v) is 4.29. The first-order valence-electron chi connectivity index (χ1n) is 4.32. The molecular weight excluding hydrogens is 132 g/mol. The van der Waals surface area contributed by atoms with Crippen molar-refractivity contribution >= 4 is 0 Å². The number of hydrogen-bond acceptors (Lipinski definition) is 0. The minimum absolute atomic E-state index is 0.351. The Morgan fingerprint density at radius 3 is 2.18 bits per heavy atom. The van der Waals surface area contributed by atoms with Gasteiger partial charge in [-0.2, -0.15) is 0 Å². The number of rotatable bonds is 0. The van der Waals surface area contributed by atoms with Crippen LogP contribution in [0.5, 0.6) is 0 Å². The molecule has 1 atom stereocenters. The maximum Gasteiger partial charge on any atom is -0.0109 e. The average Bonchev–Trinajstić information content (AvgIpc) is 1.83. The van der Waals surface area contributed by atoms with E-state index in [-0.39, 0.29) is 0 Å². The van der Waals surface area contributed by atoms with Crippen molar-refractivity contribution in [3.8, 4) is 0 Å². The van der Waals surface area contributed by atoms with E-state index in [2.05, 4.69) is 46.8 Å². The molecule has 1 aliphatic carbocycles. The maximum absolute atomic E-state index is 2.38. The molecule has 0 fully saturated rings. The SMILES string of the molecule is CC1=CC(C)C(C)(C)C=C1C. The highest BCUT2D eigenvalue weighted by Crippen LogP contribution is 2.36. The summed E-state index contributed by atoms with van der Waals surface area (Å²) in [6.07, 6.45) is 4.75. The van der Waals surface area contributed by atoms with Gasteiger partial charge in [0, 0.05) is 0 Å². The Kier molecular flexibility index (Phi) is 1.96. The van der Waals surface area contributed by atoms with Crippen LogP contribution < -0.4 is 0 Å². The summed E-state index contributed by atoms with van der Waals surface area (Å²) in [6.45, 7) is 11.3. The van der Waals surface area contributed by atoms with Crippen LogP contribution in [0.4, 0.5) is 0 Å². The molecule has 1 rings (SSSR count). The van der Waals surface area contributed by atoms with Crippen LogP contribution in [-0.4, -0.2) is 0 Å². The second kappa shape index (κ2) is 2.51. The van der Waals surface area contributed by atoms with Crippen LogP contribution in [0.2, 0.25) is 0 Å². The van der Waals surface area contributed by atoms with Crippen LogP contribution in [0.15, 0.2) is 23.3 Å². The minimum atomic E-state index is 0.351. The molecule has 0 aromatic heterocycles. The molecule has 62 valence electrons. The highest BCUT2D eigenvalue weighted by Gasteiger charge is 2.25. The minimum Gasteiger partial charge on any atom is -0.0777 e. The molecule has 0 saturated carbocycles. The van der Waals surface area contributed by atoms with E-state index in [1.54, 1.807) is 0 Å². The van der Waals surface area contributed by atoms with Crippen molar-refractivity contribution in [1.82, 2.24) is 0 Å². The monoisotopic (exact) mass is 150 g/mol. The predicted molar refractivity (Wildman–Crippen MR) is 50.5 cm³/mol. The van der Waals surface area contributed by atoms with Crippen molar-refractivity contribution in [2.24, 2.45) is 11.3 Å². The third-order valence-corrected chi connectivity index (χ3v) is 2.88. The summed E-state index contributed by atoms with van der Waals surface area (Å²) in [7, 11) is 0. The largest absolute Gasteiger partial charge is 0.0777 e. The van der Waals surface area contributed by atoms with Crippen LogP contribution in [0.25, 0.3) is 0 Å². The molecule has 0 nitrogen and oxygen atoms in total. The van der Waals surface area contributed by atoms with Crippen molar-refractivity contribution in [3.05, 3.63) is 23.3 Å². The third-order valence-electron chi connectivity index (χ3n) is 2.88. The first kappa shape index (κ1) is 8.58. The van der Waals surface area contributed by atoms with Gasteiger partial charge in [0.25, 0.3) is 0 Å². The lowest BCUT2D eigenvalue weighted by Crippen LogP contribution is -2.21. The van der Waals surface area contributed by atoms with E-state index in [1.807, 2.05) is 0 Å². The molecule has 0 heterocycles. The van der Waals surface area contributed by atoms with Gasteiger partial charge < -0.3 is 0 Å². The van der Waals surface area contributed by atoms with E-state index < -0.39 is 0 Å². The Morgan fingerprint density at radius 1 is 1.18 bits per heavy atom. The van der Waals surface area contributed by atoms with Gasteiger partial charge in [-0.15, -0.1) is 0 Å². The highest BCUT2D eigenvalue weighted by molar-refractivity contribution is 5.34. The van der Waals surface area contributed by atoms with E-state index in [0.717, 1.165) is 0 Å². The molecule has 0 radical (unpaired) electrons. The van der Waals surface area contributed by atoms with Gasteiger partial charge in [-0.05, 0) is 25.2 Å². The third kappa shape index (κ3) is 1.55. The Hall–Kier alpha value is -0.520. The van der Waals surface area contributed by atoms with Crippen molar-refractivity contribution in [1.29, 1.82) is 0 Å². The summed E-state index contributed by atoms with van der Waals surface area (Å²) in [5.74, 6) is 0.672. The van der Waals surface area contributed by atoms with Crippen molar-refractivity contribution in [3.63, 3.8) is 0 Å². The molecule has 0 N–H and O–H groups in total. The molecule has 1 unspecified atom stereocenters. The van der Waals surface area contributed by atoms with Crippen LogP contribution in [0.3, 0.4) is 0 Å². The van der Waals surface area contributed by atoms with E-state index in [0.29, 0.717) is 11.3 Å². The Balaban J connectivity index is 2.98. The van der Waals surface area contributed by atoms with Gasteiger partial charge in [-0.3, -0.25) is 0 Å². The topological polar surface area (TPSA) is 0 Å². The van der Waals surface area contributed by atoms with Gasteiger partial charge in [-0.1, -0.05) is 44.1 Å². The summed E-state index contributed by atoms with van der Waals surface area (Å²) in [6, 6.07) is 0. The Labute approximate surface area is 70.0 Å². The molecule has 0 amide bonds. The van der Waals surface area contributed by atoms with Gasteiger partial charge in [0.05, 0.1) is 0 Å². The molecule has 0 saturated heterocycles. The lowest BCUT2D eigenvalue weighted by atomic mass is 9.74. The maximum atomic E-state index is 2.38. The molecule has 0 heteroatoms. The van der Waals surface area contributed by atoms with Crippen LogP contribution in [0.1, 0.15) is 34.6 Å². The molecule has 0 aromatic carbocycles. The summed E-state index contributed by atoms with van der Waals surface area (Å²) < 4.78 is 0.